The number of halogens is 1. The lowest BCUT2D eigenvalue weighted by Crippen LogP contribution is -2.38. The monoisotopic (exact) mass is 328 g/mol. The highest BCUT2D eigenvalue weighted by molar-refractivity contribution is 8.16. The molecule has 2 heterocycles. The average molecular weight is 328 g/mol. The van der Waals surface area contributed by atoms with Crippen LogP contribution in [0.1, 0.15) is 6.92 Å². The van der Waals surface area contributed by atoms with Crippen LogP contribution in [-0.4, -0.2) is 42.3 Å². The van der Waals surface area contributed by atoms with Gasteiger partial charge in [-0.05, 0) is 12.1 Å². The lowest BCUT2D eigenvalue weighted by atomic mass is 10.2. The summed E-state index contributed by atoms with van der Waals surface area (Å²) in [6.07, 6.45) is 0. The summed E-state index contributed by atoms with van der Waals surface area (Å²) in [6.45, 7) is 1.32. The van der Waals surface area contributed by atoms with E-state index in [1.165, 1.54) is 24.8 Å². The Bertz CT molecular complexity index is 733. The van der Waals surface area contributed by atoms with E-state index in [1.54, 1.807) is 23.1 Å². The Morgan fingerprint density at radius 3 is 2.76 bits per heavy atom. The van der Waals surface area contributed by atoms with Crippen molar-refractivity contribution in [2.45, 2.75) is 18.2 Å². The molecule has 0 spiro atoms. The van der Waals surface area contributed by atoms with Crippen molar-refractivity contribution in [1.82, 2.24) is 0 Å². The average Bonchev–Trinajstić information content (AvgIpc) is 2.81. The number of anilines is 1. The molecule has 2 aliphatic heterocycles. The first-order valence-corrected chi connectivity index (χ1v) is 9.07. The molecule has 3 rings (SSSR count). The molecule has 112 valence electrons. The quantitative estimate of drug-likeness (QED) is 0.780. The van der Waals surface area contributed by atoms with Crippen molar-refractivity contribution >= 4 is 38.4 Å². The molecule has 0 aliphatic carbocycles. The summed E-state index contributed by atoms with van der Waals surface area (Å²) in [6, 6.07) is 5.73. The van der Waals surface area contributed by atoms with Gasteiger partial charge in [-0.15, -0.1) is 0 Å². The predicted octanol–water partition coefficient (Wildman–Crippen LogP) is 1.45. The number of aliphatic imine (C=N–C) groups is 1. The Morgan fingerprint density at radius 2 is 2.10 bits per heavy atom. The third-order valence-electron chi connectivity index (χ3n) is 3.43. The van der Waals surface area contributed by atoms with Gasteiger partial charge in [-0.25, -0.2) is 12.8 Å². The maximum atomic E-state index is 14.1. The Morgan fingerprint density at radius 1 is 1.38 bits per heavy atom. The second kappa shape index (κ2) is 5.10. The highest BCUT2D eigenvalue weighted by atomic mass is 32.2. The van der Waals surface area contributed by atoms with E-state index in [4.69, 9.17) is 0 Å². The van der Waals surface area contributed by atoms with Crippen molar-refractivity contribution in [2.75, 3.05) is 16.4 Å². The van der Waals surface area contributed by atoms with Crippen molar-refractivity contribution in [1.29, 1.82) is 0 Å². The molecule has 1 aromatic rings. The van der Waals surface area contributed by atoms with Crippen molar-refractivity contribution in [3.05, 3.63) is 30.1 Å². The number of hydrogen-bond donors (Lipinski definition) is 0. The Kier molecular flexibility index (Phi) is 3.53. The molecule has 2 aliphatic rings. The van der Waals surface area contributed by atoms with Crippen LogP contribution in [0.5, 0.6) is 0 Å². The topological polar surface area (TPSA) is 66.8 Å². The Balaban J connectivity index is 2.07. The number of carbonyl (C=O) groups excluding carboxylic acids is 1. The number of rotatable bonds is 1. The molecule has 0 bridgehead atoms. The number of nitrogens with zero attached hydrogens (tertiary/aromatic N) is 2. The van der Waals surface area contributed by atoms with Crippen molar-refractivity contribution in [2.24, 2.45) is 4.99 Å². The van der Waals surface area contributed by atoms with Gasteiger partial charge in [-0.1, -0.05) is 23.9 Å². The van der Waals surface area contributed by atoms with Gasteiger partial charge in [0.2, 0.25) is 5.91 Å². The van der Waals surface area contributed by atoms with Gasteiger partial charge in [0.1, 0.15) is 5.82 Å². The van der Waals surface area contributed by atoms with Crippen molar-refractivity contribution < 1.29 is 17.6 Å². The largest absolute Gasteiger partial charge is 0.313 e. The van der Waals surface area contributed by atoms with Crippen LogP contribution in [0, 0.1) is 5.82 Å². The van der Waals surface area contributed by atoms with E-state index in [1.807, 2.05) is 0 Å². The molecular weight excluding hydrogens is 315 g/mol. The number of sulfone groups is 1. The fraction of sp³-hybridized carbons (Fsp3) is 0.385. The second-order valence-electron chi connectivity index (χ2n) is 5.04. The molecule has 5 nitrogen and oxygen atoms in total. The molecule has 2 atom stereocenters. The van der Waals surface area contributed by atoms with Gasteiger partial charge in [-0.3, -0.25) is 4.79 Å². The molecular formula is C13H13FN2O3S2. The number of hydrogen-bond acceptors (Lipinski definition) is 4. The highest BCUT2D eigenvalue weighted by Gasteiger charge is 2.49. The number of amidine groups is 1. The summed E-state index contributed by atoms with van der Waals surface area (Å²) in [5.41, 5.74) is 0.259. The molecule has 0 saturated carbocycles. The van der Waals surface area contributed by atoms with Gasteiger partial charge in [0.25, 0.3) is 0 Å². The number of amides is 1. The van der Waals surface area contributed by atoms with Gasteiger partial charge < -0.3 is 4.90 Å². The van der Waals surface area contributed by atoms with Crippen LogP contribution >= 0.6 is 11.8 Å². The van der Waals surface area contributed by atoms with E-state index in [0.717, 1.165) is 0 Å². The van der Waals surface area contributed by atoms with E-state index in [-0.39, 0.29) is 34.4 Å². The smallest absolute Gasteiger partial charge is 0.244 e. The second-order valence-corrected chi connectivity index (χ2v) is 8.40. The zero-order valence-electron chi connectivity index (χ0n) is 11.2. The standard InChI is InChI=1S/C13H13FN2O3S2/c1-8(17)15-13-16(10-5-3-2-4-9(10)14)11-6-21(18,19)7-12(11)20-13/h2-5,11-12H,6-7H2,1H3/t11-,12-/m1/s1. The molecule has 2 fully saturated rings. The summed E-state index contributed by atoms with van der Waals surface area (Å²) < 4.78 is 37.7. The SMILES string of the molecule is CC(=O)N=C1S[C@@H]2CS(=O)(=O)C[C@H]2N1c1ccccc1F. The lowest BCUT2D eigenvalue weighted by molar-refractivity contribution is -0.115. The molecule has 0 N–H and O–H groups in total. The summed E-state index contributed by atoms with van der Waals surface area (Å²) in [7, 11) is -3.14. The highest BCUT2D eigenvalue weighted by Crippen LogP contribution is 2.41. The molecule has 2 saturated heterocycles. The molecule has 21 heavy (non-hydrogen) atoms. The fourth-order valence-electron chi connectivity index (χ4n) is 2.63. The summed E-state index contributed by atoms with van der Waals surface area (Å²) >= 11 is 1.23. The predicted molar refractivity (Wildman–Crippen MR) is 80.8 cm³/mol. The molecule has 1 amide bonds. The molecule has 0 radical (unpaired) electrons. The summed E-state index contributed by atoms with van der Waals surface area (Å²) in [5, 5.41) is 0.158. The van der Waals surface area contributed by atoms with Crippen LogP contribution < -0.4 is 4.90 Å². The van der Waals surface area contributed by atoms with Gasteiger partial charge in [0.05, 0.1) is 23.2 Å². The van der Waals surface area contributed by atoms with E-state index < -0.39 is 15.7 Å². The molecule has 8 heteroatoms. The van der Waals surface area contributed by atoms with Crippen molar-refractivity contribution in [3.63, 3.8) is 0 Å². The minimum absolute atomic E-state index is 0.0320. The minimum Gasteiger partial charge on any atom is -0.313 e. The van der Waals surface area contributed by atoms with Gasteiger partial charge >= 0.3 is 0 Å². The normalized spacial score (nSPS) is 28.9. The van der Waals surface area contributed by atoms with Crippen LogP contribution in [0.15, 0.2) is 29.3 Å². The maximum absolute atomic E-state index is 14.1. The molecule has 0 unspecified atom stereocenters. The van der Waals surface area contributed by atoms with Crippen LogP contribution in [0.4, 0.5) is 10.1 Å². The van der Waals surface area contributed by atoms with Crippen LogP contribution in [0.2, 0.25) is 0 Å². The Labute approximate surface area is 126 Å². The van der Waals surface area contributed by atoms with E-state index in [2.05, 4.69) is 4.99 Å². The zero-order valence-corrected chi connectivity index (χ0v) is 12.8. The minimum atomic E-state index is -3.14. The van der Waals surface area contributed by atoms with E-state index in [0.29, 0.717) is 5.17 Å². The van der Waals surface area contributed by atoms with Crippen LogP contribution in [-0.2, 0) is 14.6 Å². The first-order valence-electron chi connectivity index (χ1n) is 6.37. The number of para-hydroxylation sites is 1. The first-order chi connectivity index (χ1) is 9.87. The van der Waals surface area contributed by atoms with Gasteiger partial charge in [0, 0.05) is 12.2 Å². The number of thioether (sulfide) groups is 1. The van der Waals surface area contributed by atoms with E-state index >= 15 is 0 Å². The van der Waals surface area contributed by atoms with Gasteiger partial charge in [-0.2, -0.15) is 4.99 Å². The molecule has 1 aromatic carbocycles. The first kappa shape index (κ1) is 14.5. The van der Waals surface area contributed by atoms with Crippen LogP contribution in [0.3, 0.4) is 0 Å². The summed E-state index contributed by atoms with van der Waals surface area (Å²) in [4.78, 5) is 16.7. The lowest BCUT2D eigenvalue weighted by Gasteiger charge is -2.24. The Hall–Kier alpha value is -1.41. The fourth-order valence-corrected chi connectivity index (χ4v) is 6.58. The third-order valence-corrected chi connectivity index (χ3v) is 6.64. The van der Waals surface area contributed by atoms with E-state index in [9.17, 15) is 17.6 Å². The number of fused-ring (bicyclic) bond motifs is 1. The number of carbonyl (C=O) groups is 1. The van der Waals surface area contributed by atoms with Crippen LogP contribution in [0.25, 0.3) is 0 Å². The number of benzene rings is 1. The summed E-state index contributed by atoms with van der Waals surface area (Å²) in [5.74, 6) is -0.860. The van der Waals surface area contributed by atoms with Gasteiger partial charge in [0.15, 0.2) is 15.0 Å². The third kappa shape index (κ3) is 2.69. The maximum Gasteiger partial charge on any atom is 0.244 e. The molecule has 0 aromatic heterocycles. The van der Waals surface area contributed by atoms with Crippen molar-refractivity contribution in [3.8, 4) is 0 Å². The zero-order chi connectivity index (χ0) is 15.2.